The Morgan fingerprint density at radius 2 is 2.13 bits per heavy atom. The standard InChI is InChI=1S/C11H12O4/c1-6-2-7(3-6)10(12)9-4-8(5-15-9)11(13)14/h4-7H,2-3H2,1H3,(H,13,14). The third-order valence-corrected chi connectivity index (χ3v) is 2.83. The zero-order valence-corrected chi connectivity index (χ0v) is 8.40. The quantitative estimate of drug-likeness (QED) is 0.773. The highest BCUT2D eigenvalue weighted by atomic mass is 16.4. The molecule has 0 aliphatic heterocycles. The van der Waals surface area contributed by atoms with Gasteiger partial charge >= 0.3 is 5.97 Å². The number of ketones is 1. The van der Waals surface area contributed by atoms with Gasteiger partial charge in [0.15, 0.2) is 5.76 Å². The van der Waals surface area contributed by atoms with Crippen molar-refractivity contribution in [3.05, 3.63) is 23.7 Å². The van der Waals surface area contributed by atoms with Gasteiger partial charge in [0.1, 0.15) is 6.26 Å². The van der Waals surface area contributed by atoms with E-state index in [4.69, 9.17) is 9.52 Å². The van der Waals surface area contributed by atoms with Crippen LogP contribution in [-0.4, -0.2) is 16.9 Å². The minimum atomic E-state index is -1.07. The molecule has 1 heterocycles. The van der Waals surface area contributed by atoms with Crippen LogP contribution in [0.1, 0.15) is 40.7 Å². The lowest BCUT2D eigenvalue weighted by Crippen LogP contribution is -2.28. The van der Waals surface area contributed by atoms with Crippen LogP contribution in [0.2, 0.25) is 0 Å². The van der Waals surface area contributed by atoms with Crippen LogP contribution in [0, 0.1) is 11.8 Å². The summed E-state index contributed by atoms with van der Waals surface area (Å²) in [4.78, 5) is 22.3. The first kappa shape index (κ1) is 9.96. The van der Waals surface area contributed by atoms with Gasteiger partial charge < -0.3 is 9.52 Å². The summed E-state index contributed by atoms with van der Waals surface area (Å²) in [5.74, 6) is -0.356. The van der Waals surface area contributed by atoms with E-state index in [2.05, 4.69) is 6.92 Å². The molecule has 1 fully saturated rings. The molecule has 1 aromatic rings. The topological polar surface area (TPSA) is 67.5 Å². The number of carboxylic acids is 1. The van der Waals surface area contributed by atoms with Gasteiger partial charge in [-0.1, -0.05) is 6.92 Å². The summed E-state index contributed by atoms with van der Waals surface area (Å²) in [5, 5.41) is 8.66. The maximum absolute atomic E-state index is 11.7. The van der Waals surface area contributed by atoms with E-state index >= 15 is 0 Å². The van der Waals surface area contributed by atoms with E-state index in [-0.39, 0.29) is 23.0 Å². The van der Waals surface area contributed by atoms with Crippen LogP contribution in [-0.2, 0) is 0 Å². The van der Waals surface area contributed by atoms with E-state index < -0.39 is 5.97 Å². The SMILES string of the molecule is CC1CC(C(=O)c2cc(C(=O)O)co2)C1. The van der Waals surface area contributed by atoms with Crippen molar-refractivity contribution in [3.63, 3.8) is 0 Å². The van der Waals surface area contributed by atoms with Crippen molar-refractivity contribution in [2.24, 2.45) is 11.8 Å². The van der Waals surface area contributed by atoms with Crippen LogP contribution in [0.5, 0.6) is 0 Å². The fraction of sp³-hybridized carbons (Fsp3) is 0.455. The van der Waals surface area contributed by atoms with Crippen molar-refractivity contribution in [1.82, 2.24) is 0 Å². The average molecular weight is 208 g/mol. The Kier molecular flexibility index (Phi) is 2.34. The van der Waals surface area contributed by atoms with Gasteiger partial charge in [0, 0.05) is 12.0 Å². The summed E-state index contributed by atoms with van der Waals surface area (Å²) in [7, 11) is 0. The predicted octanol–water partition coefficient (Wildman–Crippen LogP) is 2.21. The molecule has 0 atom stereocenters. The summed E-state index contributed by atoms with van der Waals surface area (Å²) in [6, 6.07) is 1.30. The van der Waals surface area contributed by atoms with Crippen LogP contribution >= 0.6 is 0 Å². The molecule has 0 radical (unpaired) electrons. The molecule has 0 amide bonds. The van der Waals surface area contributed by atoms with Crippen molar-refractivity contribution in [1.29, 1.82) is 0 Å². The molecule has 0 aromatic carbocycles. The first-order valence-electron chi connectivity index (χ1n) is 4.94. The largest absolute Gasteiger partial charge is 0.478 e. The zero-order valence-electron chi connectivity index (χ0n) is 8.40. The zero-order chi connectivity index (χ0) is 11.0. The Bertz CT molecular complexity index is 398. The molecule has 15 heavy (non-hydrogen) atoms. The van der Waals surface area contributed by atoms with Crippen molar-refractivity contribution in [3.8, 4) is 0 Å². The number of hydrogen-bond donors (Lipinski definition) is 1. The Labute approximate surface area is 86.9 Å². The number of carbonyl (C=O) groups excluding carboxylic acids is 1. The molecule has 0 unspecified atom stereocenters. The molecule has 4 heteroatoms. The fourth-order valence-electron chi connectivity index (χ4n) is 1.90. The van der Waals surface area contributed by atoms with Gasteiger partial charge in [-0.2, -0.15) is 0 Å². The number of Topliss-reactive ketones (excluding diaryl/α,β-unsaturated/α-hetero) is 1. The lowest BCUT2D eigenvalue weighted by atomic mass is 9.73. The van der Waals surface area contributed by atoms with E-state index in [0.717, 1.165) is 19.1 Å². The summed E-state index contributed by atoms with van der Waals surface area (Å²) in [6.45, 7) is 2.09. The number of furan rings is 1. The Hall–Kier alpha value is -1.58. The predicted molar refractivity (Wildman–Crippen MR) is 51.9 cm³/mol. The minimum Gasteiger partial charge on any atom is -0.478 e. The third kappa shape index (κ3) is 1.79. The molecule has 1 aromatic heterocycles. The first-order chi connectivity index (χ1) is 7.08. The Morgan fingerprint density at radius 3 is 2.60 bits per heavy atom. The van der Waals surface area contributed by atoms with E-state index in [1.807, 2.05) is 0 Å². The van der Waals surface area contributed by atoms with E-state index in [1.54, 1.807) is 0 Å². The Balaban J connectivity index is 2.09. The molecule has 80 valence electrons. The van der Waals surface area contributed by atoms with Gasteiger partial charge in [-0.25, -0.2) is 4.79 Å². The smallest absolute Gasteiger partial charge is 0.338 e. The lowest BCUT2D eigenvalue weighted by molar-refractivity contribution is 0.0695. The number of rotatable bonds is 3. The molecular weight excluding hydrogens is 196 g/mol. The number of aromatic carboxylic acids is 1. The van der Waals surface area contributed by atoms with Crippen LogP contribution in [0.15, 0.2) is 16.7 Å². The number of hydrogen-bond acceptors (Lipinski definition) is 3. The monoisotopic (exact) mass is 208 g/mol. The second-order valence-corrected chi connectivity index (χ2v) is 4.14. The highest BCUT2D eigenvalue weighted by molar-refractivity contribution is 5.98. The molecule has 2 rings (SSSR count). The fourth-order valence-corrected chi connectivity index (χ4v) is 1.90. The first-order valence-corrected chi connectivity index (χ1v) is 4.94. The minimum absolute atomic E-state index is 0.0211. The van der Waals surface area contributed by atoms with E-state index in [0.29, 0.717) is 5.92 Å². The van der Waals surface area contributed by atoms with Crippen molar-refractivity contribution >= 4 is 11.8 Å². The van der Waals surface area contributed by atoms with Crippen molar-refractivity contribution in [2.75, 3.05) is 0 Å². The second kappa shape index (κ2) is 3.53. The summed E-state index contributed by atoms with van der Waals surface area (Å²) < 4.78 is 4.95. The molecular formula is C11H12O4. The van der Waals surface area contributed by atoms with Crippen molar-refractivity contribution in [2.45, 2.75) is 19.8 Å². The Morgan fingerprint density at radius 1 is 1.47 bits per heavy atom. The van der Waals surface area contributed by atoms with Crippen LogP contribution < -0.4 is 0 Å². The van der Waals surface area contributed by atoms with E-state index in [9.17, 15) is 9.59 Å². The molecule has 4 nitrogen and oxygen atoms in total. The normalized spacial score (nSPS) is 24.6. The van der Waals surface area contributed by atoms with Crippen LogP contribution in [0.25, 0.3) is 0 Å². The van der Waals surface area contributed by atoms with Crippen LogP contribution in [0.3, 0.4) is 0 Å². The molecule has 0 saturated heterocycles. The maximum Gasteiger partial charge on any atom is 0.338 e. The maximum atomic E-state index is 11.7. The number of carbonyl (C=O) groups is 2. The van der Waals surface area contributed by atoms with Gasteiger partial charge in [0.2, 0.25) is 5.78 Å². The molecule has 1 N–H and O–H groups in total. The average Bonchev–Trinajstić information content (AvgIpc) is 2.60. The van der Waals surface area contributed by atoms with Crippen LogP contribution in [0.4, 0.5) is 0 Å². The van der Waals surface area contributed by atoms with E-state index in [1.165, 1.54) is 6.07 Å². The second-order valence-electron chi connectivity index (χ2n) is 4.14. The summed E-state index contributed by atoms with van der Waals surface area (Å²) >= 11 is 0. The van der Waals surface area contributed by atoms with Gasteiger partial charge in [-0.15, -0.1) is 0 Å². The van der Waals surface area contributed by atoms with Gasteiger partial charge in [0.05, 0.1) is 5.56 Å². The molecule has 1 saturated carbocycles. The highest BCUT2D eigenvalue weighted by Crippen LogP contribution is 2.35. The van der Waals surface area contributed by atoms with Gasteiger partial charge in [0.25, 0.3) is 0 Å². The molecule has 1 aliphatic rings. The van der Waals surface area contributed by atoms with Gasteiger partial charge in [-0.05, 0) is 18.8 Å². The van der Waals surface area contributed by atoms with Crippen molar-refractivity contribution < 1.29 is 19.1 Å². The molecule has 1 aliphatic carbocycles. The summed E-state index contributed by atoms with van der Waals surface area (Å²) in [5.41, 5.74) is 0.0331. The molecule has 0 bridgehead atoms. The van der Waals surface area contributed by atoms with Gasteiger partial charge in [-0.3, -0.25) is 4.79 Å². The lowest BCUT2D eigenvalue weighted by Gasteiger charge is -2.30. The third-order valence-electron chi connectivity index (χ3n) is 2.83. The molecule has 0 spiro atoms. The summed E-state index contributed by atoms with van der Waals surface area (Å²) in [6.07, 6.45) is 2.86. The highest BCUT2D eigenvalue weighted by Gasteiger charge is 2.33. The number of carboxylic acid groups (broad SMARTS) is 1.